The summed E-state index contributed by atoms with van der Waals surface area (Å²) in [6.07, 6.45) is -0.208. The van der Waals surface area contributed by atoms with Crippen LogP contribution in [-0.4, -0.2) is 38.2 Å². The molecule has 0 unspecified atom stereocenters. The molecule has 0 aliphatic rings. The number of carbonyl (C=O) groups excluding carboxylic acids is 2. The Balaban J connectivity index is 1.70. The summed E-state index contributed by atoms with van der Waals surface area (Å²) in [6.45, 7) is 7.40. The third-order valence-electron chi connectivity index (χ3n) is 4.10. The maximum atomic E-state index is 12.3. The van der Waals surface area contributed by atoms with Crippen LogP contribution in [0, 0.1) is 13.8 Å². The Bertz CT molecular complexity index is 1040. The second-order valence-corrected chi connectivity index (χ2v) is 7.04. The van der Waals surface area contributed by atoms with E-state index in [0.717, 1.165) is 16.8 Å². The third kappa shape index (κ3) is 5.25. The van der Waals surface area contributed by atoms with Crippen LogP contribution < -0.4 is 5.32 Å². The van der Waals surface area contributed by atoms with E-state index in [4.69, 9.17) is 4.74 Å². The van der Waals surface area contributed by atoms with Crippen LogP contribution in [0.3, 0.4) is 0 Å². The first-order valence-electron chi connectivity index (χ1n) is 9.28. The summed E-state index contributed by atoms with van der Waals surface area (Å²) in [4.78, 5) is 25.6. The second-order valence-electron chi connectivity index (χ2n) is 7.04. The van der Waals surface area contributed by atoms with Crippen molar-refractivity contribution in [1.82, 2.24) is 20.2 Å². The van der Waals surface area contributed by atoms with Gasteiger partial charge in [0.25, 0.3) is 0 Å². The quantitative estimate of drug-likeness (QED) is 0.646. The molecule has 8 nitrogen and oxygen atoms in total. The highest BCUT2D eigenvalue weighted by Crippen LogP contribution is 2.18. The summed E-state index contributed by atoms with van der Waals surface area (Å²) in [7, 11) is 0. The Morgan fingerprint density at radius 2 is 1.93 bits per heavy atom. The van der Waals surface area contributed by atoms with E-state index in [9.17, 15) is 9.59 Å². The van der Waals surface area contributed by atoms with Crippen LogP contribution in [0.5, 0.6) is 0 Å². The van der Waals surface area contributed by atoms with Gasteiger partial charge >= 0.3 is 5.97 Å². The molecule has 8 heteroatoms. The zero-order valence-electron chi connectivity index (χ0n) is 16.8. The summed E-state index contributed by atoms with van der Waals surface area (Å²) < 4.78 is 5.21. The normalized spacial score (nSPS) is 10.8. The molecule has 1 heterocycles. The molecule has 0 aliphatic heterocycles. The highest BCUT2D eigenvalue weighted by atomic mass is 16.5. The molecule has 3 rings (SSSR count). The van der Waals surface area contributed by atoms with Gasteiger partial charge in [0.15, 0.2) is 0 Å². The Labute approximate surface area is 168 Å². The first-order valence-corrected chi connectivity index (χ1v) is 9.28. The van der Waals surface area contributed by atoms with Crippen molar-refractivity contribution in [3.8, 4) is 11.4 Å². The fourth-order valence-electron chi connectivity index (χ4n) is 2.68. The van der Waals surface area contributed by atoms with E-state index in [2.05, 4.69) is 20.7 Å². The lowest BCUT2D eigenvalue weighted by Gasteiger charge is -2.08. The van der Waals surface area contributed by atoms with Gasteiger partial charge in [0.1, 0.15) is 6.54 Å². The van der Waals surface area contributed by atoms with Crippen LogP contribution >= 0.6 is 0 Å². The number of hydrogen-bond donors (Lipinski definition) is 1. The molecule has 0 fully saturated rings. The smallest absolute Gasteiger partial charge is 0.338 e. The average molecular weight is 393 g/mol. The zero-order valence-corrected chi connectivity index (χ0v) is 16.8. The molecule has 29 heavy (non-hydrogen) atoms. The van der Waals surface area contributed by atoms with Gasteiger partial charge in [0, 0.05) is 11.3 Å². The highest BCUT2D eigenvalue weighted by Gasteiger charge is 2.14. The molecule has 0 atom stereocenters. The monoisotopic (exact) mass is 393 g/mol. The van der Waals surface area contributed by atoms with Crippen molar-refractivity contribution in [2.75, 3.05) is 5.32 Å². The summed E-state index contributed by atoms with van der Waals surface area (Å²) in [5.74, 6) is -0.345. The predicted octanol–water partition coefficient (Wildman–Crippen LogP) is 3.16. The summed E-state index contributed by atoms with van der Waals surface area (Å²) in [6, 6.07) is 12.6. The first-order chi connectivity index (χ1) is 13.8. The third-order valence-corrected chi connectivity index (χ3v) is 4.10. The van der Waals surface area contributed by atoms with Gasteiger partial charge in [-0.1, -0.05) is 24.3 Å². The van der Waals surface area contributed by atoms with E-state index in [1.54, 1.807) is 38.1 Å². The van der Waals surface area contributed by atoms with Crippen molar-refractivity contribution in [3.63, 3.8) is 0 Å². The van der Waals surface area contributed by atoms with Crippen LogP contribution in [0.4, 0.5) is 5.69 Å². The number of rotatable bonds is 6. The standard InChI is InChI=1S/C21H23N5O3/c1-13(2)29-21(28)17-7-5-6-16(11-17)20-23-25-26(24-20)12-19(27)22-18-10-14(3)8-9-15(18)4/h5-11,13H,12H2,1-4H3,(H,22,27). The Morgan fingerprint density at radius 1 is 1.14 bits per heavy atom. The summed E-state index contributed by atoms with van der Waals surface area (Å²) >= 11 is 0. The summed E-state index contributed by atoms with van der Waals surface area (Å²) in [5, 5.41) is 15.0. The van der Waals surface area contributed by atoms with Gasteiger partial charge in [0.05, 0.1) is 11.7 Å². The Morgan fingerprint density at radius 3 is 2.69 bits per heavy atom. The fourth-order valence-corrected chi connectivity index (χ4v) is 2.68. The molecular weight excluding hydrogens is 370 g/mol. The molecule has 1 N–H and O–H groups in total. The zero-order chi connectivity index (χ0) is 21.0. The maximum absolute atomic E-state index is 12.3. The number of carbonyl (C=O) groups is 2. The minimum absolute atomic E-state index is 0.0739. The van der Waals surface area contributed by atoms with Crippen molar-refractivity contribution >= 4 is 17.6 Å². The van der Waals surface area contributed by atoms with Gasteiger partial charge in [-0.2, -0.15) is 4.80 Å². The number of benzene rings is 2. The number of amides is 1. The molecule has 1 aromatic heterocycles. The van der Waals surface area contributed by atoms with Gasteiger partial charge in [-0.3, -0.25) is 4.79 Å². The molecule has 1 amide bonds. The molecule has 3 aromatic rings. The van der Waals surface area contributed by atoms with E-state index in [1.165, 1.54) is 4.80 Å². The highest BCUT2D eigenvalue weighted by molar-refractivity contribution is 5.91. The molecule has 150 valence electrons. The molecule has 0 radical (unpaired) electrons. The van der Waals surface area contributed by atoms with Crippen LogP contribution in [-0.2, 0) is 16.1 Å². The van der Waals surface area contributed by atoms with Crippen LogP contribution in [0.1, 0.15) is 35.3 Å². The van der Waals surface area contributed by atoms with E-state index in [0.29, 0.717) is 17.0 Å². The Kier molecular flexibility index (Phi) is 6.01. The van der Waals surface area contributed by atoms with E-state index in [-0.39, 0.29) is 18.6 Å². The Hall–Kier alpha value is -3.55. The van der Waals surface area contributed by atoms with Gasteiger partial charge in [0.2, 0.25) is 11.7 Å². The number of aromatic nitrogens is 4. The minimum Gasteiger partial charge on any atom is -0.459 e. The first kappa shape index (κ1) is 20.2. The molecular formula is C21H23N5O3. The molecule has 0 aliphatic carbocycles. The van der Waals surface area contributed by atoms with E-state index >= 15 is 0 Å². The van der Waals surface area contributed by atoms with Crippen molar-refractivity contribution in [2.45, 2.75) is 40.3 Å². The van der Waals surface area contributed by atoms with E-state index in [1.807, 2.05) is 32.0 Å². The number of nitrogens with one attached hydrogen (secondary N) is 1. The predicted molar refractivity (Wildman–Crippen MR) is 108 cm³/mol. The number of anilines is 1. The van der Waals surface area contributed by atoms with Gasteiger partial charge in [-0.05, 0) is 62.2 Å². The number of tetrazole rings is 1. The number of hydrogen-bond acceptors (Lipinski definition) is 6. The van der Waals surface area contributed by atoms with Gasteiger partial charge in [-0.15, -0.1) is 10.2 Å². The lowest BCUT2D eigenvalue weighted by atomic mass is 10.1. The van der Waals surface area contributed by atoms with Gasteiger partial charge < -0.3 is 10.1 Å². The van der Waals surface area contributed by atoms with E-state index < -0.39 is 5.97 Å². The molecule has 2 aromatic carbocycles. The number of nitrogens with zero attached hydrogens (tertiary/aromatic N) is 4. The summed E-state index contributed by atoms with van der Waals surface area (Å²) in [5.41, 5.74) is 3.81. The van der Waals surface area contributed by atoms with Gasteiger partial charge in [-0.25, -0.2) is 4.79 Å². The molecule has 0 saturated carbocycles. The average Bonchev–Trinajstić information content (AvgIpc) is 3.12. The minimum atomic E-state index is -0.415. The second kappa shape index (κ2) is 8.64. The van der Waals surface area contributed by atoms with Crippen molar-refractivity contribution in [3.05, 3.63) is 59.2 Å². The maximum Gasteiger partial charge on any atom is 0.338 e. The topological polar surface area (TPSA) is 99.0 Å². The largest absolute Gasteiger partial charge is 0.459 e. The van der Waals surface area contributed by atoms with Crippen LogP contribution in [0.25, 0.3) is 11.4 Å². The van der Waals surface area contributed by atoms with Crippen LogP contribution in [0.2, 0.25) is 0 Å². The lowest BCUT2D eigenvalue weighted by Crippen LogP contribution is -2.21. The fraction of sp³-hybridized carbons (Fsp3) is 0.286. The number of esters is 1. The molecule has 0 saturated heterocycles. The molecule has 0 bridgehead atoms. The van der Waals surface area contributed by atoms with Crippen molar-refractivity contribution < 1.29 is 14.3 Å². The lowest BCUT2D eigenvalue weighted by molar-refractivity contribution is -0.117. The number of aryl methyl sites for hydroxylation is 2. The van der Waals surface area contributed by atoms with Crippen molar-refractivity contribution in [1.29, 1.82) is 0 Å². The SMILES string of the molecule is Cc1ccc(C)c(NC(=O)Cn2nnc(-c3cccc(C(=O)OC(C)C)c3)n2)c1. The van der Waals surface area contributed by atoms with Crippen molar-refractivity contribution in [2.24, 2.45) is 0 Å². The number of ether oxygens (including phenoxy) is 1. The molecule has 0 spiro atoms. The van der Waals surface area contributed by atoms with Crippen LogP contribution in [0.15, 0.2) is 42.5 Å².